The van der Waals surface area contributed by atoms with E-state index in [-0.39, 0.29) is 11.9 Å². The molecule has 0 fully saturated rings. The Morgan fingerprint density at radius 3 is 2.67 bits per heavy atom. The van der Waals surface area contributed by atoms with Crippen molar-refractivity contribution in [2.45, 2.75) is 13.0 Å². The molecule has 2 rings (SSSR count). The van der Waals surface area contributed by atoms with Crippen LogP contribution >= 0.6 is 0 Å². The van der Waals surface area contributed by atoms with E-state index in [1.807, 2.05) is 31.2 Å². The summed E-state index contributed by atoms with van der Waals surface area (Å²) < 4.78 is 0. The normalized spacial score (nSPS) is 11.1. The molecule has 0 saturated heterocycles. The zero-order valence-corrected chi connectivity index (χ0v) is 11.8. The molecule has 3 N–H and O–H groups in total. The number of benzene rings is 1. The second-order valence-corrected chi connectivity index (χ2v) is 4.54. The highest BCUT2D eigenvalue weighted by Gasteiger charge is 2.11. The van der Waals surface area contributed by atoms with Crippen LogP contribution in [0.2, 0.25) is 0 Å². The fourth-order valence-electron chi connectivity index (χ4n) is 1.86. The number of nitrogens with zero attached hydrogens (tertiary/aromatic N) is 1. The molecule has 0 radical (unpaired) electrons. The molecular formula is C17H17N3O. The minimum Gasteiger partial charge on any atom is -0.344 e. The fraction of sp³-hybridized carbons (Fsp3) is 0.176. The van der Waals surface area contributed by atoms with Crippen molar-refractivity contribution in [2.24, 2.45) is 5.73 Å². The zero-order valence-electron chi connectivity index (χ0n) is 11.8. The average Bonchev–Trinajstić information content (AvgIpc) is 2.54. The van der Waals surface area contributed by atoms with Crippen LogP contribution in [0.4, 0.5) is 0 Å². The molecule has 4 heteroatoms. The van der Waals surface area contributed by atoms with Gasteiger partial charge in [0.25, 0.3) is 5.91 Å². The molecule has 21 heavy (non-hydrogen) atoms. The molecule has 0 saturated carbocycles. The summed E-state index contributed by atoms with van der Waals surface area (Å²) in [4.78, 5) is 16.1. The summed E-state index contributed by atoms with van der Waals surface area (Å²) in [5.41, 5.74) is 7.67. The fourth-order valence-corrected chi connectivity index (χ4v) is 1.86. The van der Waals surface area contributed by atoms with Gasteiger partial charge in [0, 0.05) is 11.8 Å². The summed E-state index contributed by atoms with van der Waals surface area (Å²) in [6, 6.07) is 12.9. The van der Waals surface area contributed by atoms with Crippen LogP contribution in [0, 0.1) is 11.8 Å². The SMILES string of the molecule is CC(NC(=O)c1ccccn1)c1ccc(C#CCN)cc1. The first-order valence-corrected chi connectivity index (χ1v) is 6.71. The Hall–Kier alpha value is -2.64. The first-order valence-electron chi connectivity index (χ1n) is 6.71. The van der Waals surface area contributed by atoms with Crippen LogP contribution in [0.15, 0.2) is 48.7 Å². The van der Waals surface area contributed by atoms with E-state index in [2.05, 4.69) is 22.1 Å². The van der Waals surface area contributed by atoms with Gasteiger partial charge < -0.3 is 11.1 Å². The lowest BCUT2D eigenvalue weighted by Gasteiger charge is -2.14. The monoisotopic (exact) mass is 279 g/mol. The maximum absolute atomic E-state index is 12.0. The van der Waals surface area contributed by atoms with E-state index in [4.69, 9.17) is 5.73 Å². The van der Waals surface area contributed by atoms with Crippen LogP contribution in [0.1, 0.15) is 34.6 Å². The van der Waals surface area contributed by atoms with Gasteiger partial charge in [0.05, 0.1) is 12.6 Å². The number of aromatic nitrogens is 1. The van der Waals surface area contributed by atoms with E-state index in [9.17, 15) is 4.79 Å². The Morgan fingerprint density at radius 2 is 2.05 bits per heavy atom. The lowest BCUT2D eigenvalue weighted by atomic mass is 10.1. The number of hydrogen-bond donors (Lipinski definition) is 2. The first-order chi connectivity index (χ1) is 10.2. The number of nitrogens with two attached hydrogens (primary N) is 1. The van der Waals surface area contributed by atoms with Crippen LogP contribution in [-0.2, 0) is 0 Å². The van der Waals surface area contributed by atoms with Crippen molar-refractivity contribution in [1.82, 2.24) is 10.3 Å². The Bertz CT molecular complexity index is 654. The zero-order chi connectivity index (χ0) is 15.1. The number of hydrogen-bond acceptors (Lipinski definition) is 3. The highest BCUT2D eigenvalue weighted by molar-refractivity contribution is 5.92. The lowest BCUT2D eigenvalue weighted by molar-refractivity contribution is 0.0935. The molecule has 1 amide bonds. The van der Waals surface area contributed by atoms with E-state index in [1.165, 1.54) is 0 Å². The van der Waals surface area contributed by atoms with Gasteiger partial charge in [0.2, 0.25) is 0 Å². The van der Waals surface area contributed by atoms with Crippen molar-refractivity contribution in [3.63, 3.8) is 0 Å². The maximum Gasteiger partial charge on any atom is 0.270 e. The summed E-state index contributed by atoms with van der Waals surface area (Å²) >= 11 is 0. The molecule has 1 aromatic heterocycles. The van der Waals surface area contributed by atoms with Gasteiger partial charge in [0.15, 0.2) is 0 Å². The third-order valence-electron chi connectivity index (χ3n) is 2.99. The topological polar surface area (TPSA) is 68.0 Å². The average molecular weight is 279 g/mol. The Morgan fingerprint density at radius 1 is 1.29 bits per heavy atom. The second kappa shape index (κ2) is 7.22. The third kappa shape index (κ3) is 4.16. The summed E-state index contributed by atoms with van der Waals surface area (Å²) in [6.07, 6.45) is 1.60. The Balaban J connectivity index is 2.03. The Kier molecular flexibility index (Phi) is 5.08. The first kappa shape index (κ1) is 14.8. The van der Waals surface area contributed by atoms with Crippen molar-refractivity contribution >= 4 is 5.91 Å². The maximum atomic E-state index is 12.0. The minimum absolute atomic E-state index is 0.101. The molecule has 0 bridgehead atoms. The second-order valence-electron chi connectivity index (χ2n) is 4.54. The predicted molar refractivity (Wildman–Crippen MR) is 82.5 cm³/mol. The molecule has 0 spiro atoms. The van der Waals surface area contributed by atoms with Crippen molar-refractivity contribution in [3.8, 4) is 11.8 Å². The third-order valence-corrected chi connectivity index (χ3v) is 2.99. The van der Waals surface area contributed by atoms with Crippen LogP contribution < -0.4 is 11.1 Å². The molecular weight excluding hydrogens is 262 g/mol. The molecule has 4 nitrogen and oxygen atoms in total. The summed E-state index contributed by atoms with van der Waals surface area (Å²) in [6.45, 7) is 2.28. The van der Waals surface area contributed by atoms with Gasteiger partial charge in [-0.1, -0.05) is 30.0 Å². The number of carbonyl (C=O) groups is 1. The smallest absolute Gasteiger partial charge is 0.270 e. The number of nitrogens with one attached hydrogen (secondary N) is 1. The van der Waals surface area contributed by atoms with Crippen molar-refractivity contribution in [3.05, 3.63) is 65.5 Å². The molecule has 2 aromatic rings. The number of carbonyl (C=O) groups excluding carboxylic acids is 1. The quantitative estimate of drug-likeness (QED) is 0.843. The summed E-state index contributed by atoms with van der Waals surface area (Å²) in [5, 5.41) is 2.92. The van der Waals surface area contributed by atoms with Gasteiger partial charge in [-0.05, 0) is 36.8 Å². The van der Waals surface area contributed by atoms with Gasteiger partial charge in [0.1, 0.15) is 5.69 Å². The van der Waals surface area contributed by atoms with Crippen molar-refractivity contribution in [2.75, 3.05) is 6.54 Å². The highest BCUT2D eigenvalue weighted by Crippen LogP contribution is 2.13. The van der Waals surface area contributed by atoms with E-state index >= 15 is 0 Å². The van der Waals surface area contributed by atoms with Crippen LogP contribution in [0.3, 0.4) is 0 Å². The molecule has 0 aliphatic heterocycles. The predicted octanol–water partition coefficient (Wildman–Crippen LogP) is 1.88. The molecule has 1 unspecified atom stereocenters. The van der Waals surface area contributed by atoms with Gasteiger partial charge in [-0.25, -0.2) is 0 Å². The van der Waals surface area contributed by atoms with Gasteiger partial charge in [-0.15, -0.1) is 0 Å². The molecule has 1 heterocycles. The van der Waals surface area contributed by atoms with Crippen LogP contribution in [0.25, 0.3) is 0 Å². The van der Waals surface area contributed by atoms with Gasteiger partial charge in [-0.3, -0.25) is 9.78 Å². The summed E-state index contributed by atoms with van der Waals surface area (Å²) in [5.74, 6) is 5.59. The largest absolute Gasteiger partial charge is 0.344 e. The van der Waals surface area contributed by atoms with Crippen LogP contribution in [-0.4, -0.2) is 17.4 Å². The van der Waals surface area contributed by atoms with E-state index in [0.717, 1.165) is 11.1 Å². The molecule has 0 aliphatic rings. The van der Waals surface area contributed by atoms with E-state index < -0.39 is 0 Å². The molecule has 1 atom stereocenters. The summed E-state index contributed by atoms with van der Waals surface area (Å²) in [7, 11) is 0. The van der Waals surface area contributed by atoms with Gasteiger partial charge in [-0.2, -0.15) is 0 Å². The lowest BCUT2D eigenvalue weighted by Crippen LogP contribution is -2.27. The number of pyridine rings is 1. The molecule has 106 valence electrons. The van der Waals surface area contributed by atoms with Gasteiger partial charge >= 0.3 is 0 Å². The minimum atomic E-state index is -0.185. The Labute approximate surface area is 124 Å². The molecule has 0 aliphatic carbocycles. The molecule has 1 aromatic carbocycles. The number of rotatable bonds is 3. The van der Waals surface area contributed by atoms with Crippen molar-refractivity contribution in [1.29, 1.82) is 0 Å². The van der Waals surface area contributed by atoms with Crippen LogP contribution in [0.5, 0.6) is 0 Å². The van der Waals surface area contributed by atoms with E-state index in [0.29, 0.717) is 12.2 Å². The van der Waals surface area contributed by atoms with Crippen molar-refractivity contribution < 1.29 is 4.79 Å². The highest BCUT2D eigenvalue weighted by atomic mass is 16.1. The standard InChI is InChI=1S/C17H17N3O/c1-13(20-17(21)16-6-2-3-12-19-16)15-9-7-14(8-10-15)5-4-11-18/h2-3,6-10,12-13H,11,18H2,1H3,(H,20,21). The number of amides is 1. The van der Waals surface area contributed by atoms with E-state index in [1.54, 1.807) is 24.4 Å².